The molecule has 126 valence electrons. The molecule has 0 bridgehead atoms. The van der Waals surface area contributed by atoms with Gasteiger partial charge in [0, 0.05) is 37.9 Å². The van der Waals surface area contributed by atoms with E-state index in [0.29, 0.717) is 18.2 Å². The monoisotopic (exact) mass is 327 g/mol. The van der Waals surface area contributed by atoms with E-state index in [2.05, 4.69) is 35.1 Å². The molecule has 1 saturated heterocycles. The van der Waals surface area contributed by atoms with Crippen molar-refractivity contribution in [2.24, 2.45) is 5.92 Å². The third-order valence-corrected chi connectivity index (χ3v) is 4.06. The Labute approximate surface area is 141 Å². The van der Waals surface area contributed by atoms with E-state index in [9.17, 15) is 4.79 Å². The van der Waals surface area contributed by atoms with Gasteiger partial charge in [-0.25, -0.2) is 19.9 Å². The van der Waals surface area contributed by atoms with Crippen LogP contribution in [0.4, 0.5) is 5.82 Å². The summed E-state index contributed by atoms with van der Waals surface area (Å²) >= 11 is 0. The van der Waals surface area contributed by atoms with E-state index in [1.807, 2.05) is 20.2 Å². The van der Waals surface area contributed by atoms with E-state index < -0.39 is 0 Å². The molecule has 1 amide bonds. The zero-order valence-electron chi connectivity index (χ0n) is 13.8. The number of anilines is 1. The molecule has 1 aliphatic heterocycles. The number of carbonyl (C=O) groups excluding carboxylic acids is 1. The Morgan fingerprint density at radius 3 is 2.58 bits per heavy atom. The van der Waals surface area contributed by atoms with Gasteiger partial charge in [-0.15, -0.1) is 0 Å². The molecule has 1 fully saturated rings. The molecule has 0 aromatic carbocycles. The maximum Gasteiger partial charge on any atom is 0.270 e. The summed E-state index contributed by atoms with van der Waals surface area (Å²) in [5, 5.41) is 3.11. The Morgan fingerprint density at radius 2 is 1.96 bits per heavy atom. The average molecular weight is 327 g/mol. The van der Waals surface area contributed by atoms with Crippen molar-refractivity contribution >= 4 is 11.7 Å². The van der Waals surface area contributed by atoms with Crippen LogP contribution in [0.25, 0.3) is 0 Å². The molecule has 0 saturated carbocycles. The molecule has 3 heterocycles. The number of carbonyl (C=O) groups is 1. The summed E-state index contributed by atoms with van der Waals surface area (Å²) in [6.45, 7) is 2.44. The SMILES string of the molecule is CN(C)C[C@@H]1CN(c2ccncn2)C[C@H]1NC(=O)c1ccncn1. The number of rotatable bonds is 5. The Balaban J connectivity index is 1.72. The van der Waals surface area contributed by atoms with Gasteiger partial charge >= 0.3 is 0 Å². The largest absolute Gasteiger partial charge is 0.354 e. The number of aromatic nitrogens is 4. The molecule has 8 heteroatoms. The minimum absolute atomic E-state index is 0.0323. The van der Waals surface area contributed by atoms with Gasteiger partial charge in [-0.05, 0) is 26.2 Å². The van der Waals surface area contributed by atoms with Gasteiger partial charge in [-0.1, -0.05) is 0 Å². The topological polar surface area (TPSA) is 87.1 Å². The van der Waals surface area contributed by atoms with Gasteiger partial charge in [0.05, 0.1) is 6.04 Å². The van der Waals surface area contributed by atoms with Crippen LogP contribution in [0.2, 0.25) is 0 Å². The maximum absolute atomic E-state index is 12.4. The quantitative estimate of drug-likeness (QED) is 0.831. The lowest BCUT2D eigenvalue weighted by Crippen LogP contribution is -2.43. The minimum atomic E-state index is -0.171. The van der Waals surface area contributed by atoms with Crippen molar-refractivity contribution in [3.8, 4) is 0 Å². The van der Waals surface area contributed by atoms with E-state index in [4.69, 9.17) is 0 Å². The standard InChI is InChI=1S/C16H21N7O/c1-22(2)7-12-8-23(15-4-6-18-11-20-15)9-14(12)21-16(24)13-3-5-17-10-19-13/h3-6,10-12,14H,7-9H2,1-2H3,(H,21,24)/t12-,14-/m1/s1. The molecular formula is C16H21N7O. The van der Waals surface area contributed by atoms with Crippen molar-refractivity contribution in [1.82, 2.24) is 30.2 Å². The first-order valence-corrected chi connectivity index (χ1v) is 7.86. The van der Waals surface area contributed by atoms with Crippen molar-refractivity contribution in [3.63, 3.8) is 0 Å². The maximum atomic E-state index is 12.4. The van der Waals surface area contributed by atoms with E-state index in [0.717, 1.165) is 18.9 Å². The van der Waals surface area contributed by atoms with Crippen molar-refractivity contribution in [3.05, 3.63) is 42.9 Å². The fourth-order valence-corrected chi connectivity index (χ4v) is 3.01. The van der Waals surface area contributed by atoms with Gasteiger partial charge in [0.15, 0.2) is 0 Å². The average Bonchev–Trinajstić information content (AvgIpc) is 2.98. The molecular weight excluding hydrogens is 306 g/mol. The lowest BCUT2D eigenvalue weighted by Gasteiger charge is -2.22. The van der Waals surface area contributed by atoms with Crippen LogP contribution in [-0.4, -0.2) is 70.5 Å². The number of nitrogens with one attached hydrogen (secondary N) is 1. The van der Waals surface area contributed by atoms with E-state index in [1.165, 1.54) is 6.33 Å². The first kappa shape index (κ1) is 16.3. The summed E-state index contributed by atoms with van der Waals surface area (Å²) in [7, 11) is 4.08. The van der Waals surface area contributed by atoms with E-state index in [-0.39, 0.29) is 11.9 Å². The number of nitrogens with zero attached hydrogens (tertiary/aromatic N) is 6. The molecule has 2 atom stereocenters. The molecule has 24 heavy (non-hydrogen) atoms. The van der Waals surface area contributed by atoms with Crippen LogP contribution < -0.4 is 10.2 Å². The zero-order valence-corrected chi connectivity index (χ0v) is 13.8. The molecule has 1 aliphatic rings. The van der Waals surface area contributed by atoms with Crippen LogP contribution in [0.1, 0.15) is 10.5 Å². The van der Waals surface area contributed by atoms with Gasteiger partial charge in [0.25, 0.3) is 5.91 Å². The molecule has 1 N–H and O–H groups in total. The number of amides is 1. The molecule has 0 aliphatic carbocycles. The predicted octanol–water partition coefficient (Wildman–Crippen LogP) is 0.0630. The van der Waals surface area contributed by atoms with Gasteiger partial charge in [0.2, 0.25) is 0 Å². The highest BCUT2D eigenvalue weighted by Gasteiger charge is 2.35. The Bertz CT molecular complexity index is 665. The second kappa shape index (κ2) is 7.31. The van der Waals surface area contributed by atoms with Crippen molar-refractivity contribution in [2.45, 2.75) is 6.04 Å². The molecule has 0 radical (unpaired) electrons. The minimum Gasteiger partial charge on any atom is -0.354 e. The Morgan fingerprint density at radius 1 is 1.21 bits per heavy atom. The fraction of sp³-hybridized carbons (Fsp3) is 0.438. The normalized spacial score (nSPS) is 20.4. The van der Waals surface area contributed by atoms with Crippen molar-refractivity contribution in [2.75, 3.05) is 38.6 Å². The van der Waals surface area contributed by atoms with Gasteiger partial charge in [0.1, 0.15) is 24.2 Å². The summed E-state index contributed by atoms with van der Waals surface area (Å²) in [6, 6.07) is 3.54. The van der Waals surface area contributed by atoms with Crippen LogP contribution in [-0.2, 0) is 0 Å². The summed E-state index contributed by atoms with van der Waals surface area (Å²) in [5.74, 6) is 1.02. The highest BCUT2D eigenvalue weighted by atomic mass is 16.2. The predicted molar refractivity (Wildman–Crippen MR) is 89.6 cm³/mol. The second-order valence-corrected chi connectivity index (χ2v) is 6.17. The zero-order chi connectivity index (χ0) is 16.9. The lowest BCUT2D eigenvalue weighted by atomic mass is 10.0. The third-order valence-electron chi connectivity index (χ3n) is 4.06. The van der Waals surface area contributed by atoms with Crippen LogP contribution >= 0.6 is 0 Å². The Hall–Kier alpha value is -2.61. The second-order valence-electron chi connectivity index (χ2n) is 6.17. The van der Waals surface area contributed by atoms with Crippen molar-refractivity contribution < 1.29 is 4.79 Å². The molecule has 0 unspecified atom stereocenters. The highest BCUT2D eigenvalue weighted by molar-refractivity contribution is 5.92. The highest BCUT2D eigenvalue weighted by Crippen LogP contribution is 2.22. The Kier molecular flexibility index (Phi) is 4.95. The molecule has 2 aromatic heterocycles. The molecule has 8 nitrogen and oxygen atoms in total. The van der Waals surface area contributed by atoms with E-state index in [1.54, 1.807) is 24.8 Å². The van der Waals surface area contributed by atoms with Crippen molar-refractivity contribution in [1.29, 1.82) is 0 Å². The van der Waals surface area contributed by atoms with Crippen LogP contribution in [0.3, 0.4) is 0 Å². The number of hydrogen-bond acceptors (Lipinski definition) is 7. The van der Waals surface area contributed by atoms with Crippen LogP contribution in [0.5, 0.6) is 0 Å². The third kappa shape index (κ3) is 3.83. The van der Waals surface area contributed by atoms with Gasteiger partial charge in [-0.3, -0.25) is 4.79 Å². The first-order valence-electron chi connectivity index (χ1n) is 7.86. The summed E-state index contributed by atoms with van der Waals surface area (Å²) < 4.78 is 0. The molecule has 0 spiro atoms. The van der Waals surface area contributed by atoms with E-state index >= 15 is 0 Å². The molecule has 3 rings (SSSR count). The van der Waals surface area contributed by atoms with Crippen LogP contribution in [0, 0.1) is 5.92 Å². The number of hydrogen-bond donors (Lipinski definition) is 1. The van der Waals surface area contributed by atoms with Gasteiger partial charge in [-0.2, -0.15) is 0 Å². The van der Waals surface area contributed by atoms with Crippen LogP contribution in [0.15, 0.2) is 37.2 Å². The fourth-order valence-electron chi connectivity index (χ4n) is 3.01. The first-order chi connectivity index (χ1) is 11.6. The lowest BCUT2D eigenvalue weighted by molar-refractivity contribution is 0.0922. The smallest absolute Gasteiger partial charge is 0.270 e. The molecule has 2 aromatic rings. The van der Waals surface area contributed by atoms with Gasteiger partial charge < -0.3 is 15.1 Å². The summed E-state index contributed by atoms with van der Waals surface area (Å²) in [6.07, 6.45) is 6.23. The summed E-state index contributed by atoms with van der Waals surface area (Å²) in [4.78, 5) is 32.9. The summed E-state index contributed by atoms with van der Waals surface area (Å²) in [5.41, 5.74) is 0.383.